The number of ether oxygens (including phenoxy) is 1. The summed E-state index contributed by atoms with van der Waals surface area (Å²) >= 11 is 0. The lowest BCUT2D eigenvalue weighted by Crippen LogP contribution is -2.05. The second-order valence-corrected chi connectivity index (χ2v) is 4.40. The zero-order chi connectivity index (χ0) is 13.7. The van der Waals surface area contributed by atoms with E-state index in [1.807, 2.05) is 18.3 Å². The van der Waals surface area contributed by atoms with E-state index in [-0.39, 0.29) is 5.75 Å². The van der Waals surface area contributed by atoms with E-state index in [2.05, 4.69) is 5.10 Å². The highest BCUT2D eigenvalue weighted by atomic mass is 16.5. The number of aromatic hydroxyl groups is 1. The average Bonchev–Trinajstić information content (AvgIpc) is 2.78. The van der Waals surface area contributed by atoms with Gasteiger partial charge >= 0.3 is 0 Å². The van der Waals surface area contributed by atoms with Gasteiger partial charge in [-0.3, -0.25) is 0 Å². The normalized spacial score (nSPS) is 10.6. The number of rotatable bonds is 6. The van der Waals surface area contributed by atoms with Crippen molar-refractivity contribution in [2.45, 2.75) is 19.4 Å². The summed E-state index contributed by atoms with van der Waals surface area (Å²) in [7, 11) is 1.64. The molecule has 0 radical (unpaired) electrons. The van der Waals surface area contributed by atoms with E-state index < -0.39 is 0 Å². The van der Waals surface area contributed by atoms with Crippen LogP contribution in [-0.2, 0) is 13.0 Å². The Morgan fingerprint density at radius 2 is 2.26 bits per heavy atom. The van der Waals surface area contributed by atoms with Crippen molar-refractivity contribution in [2.24, 2.45) is 5.73 Å². The van der Waals surface area contributed by atoms with E-state index in [1.165, 1.54) is 0 Å². The molecule has 1 aromatic heterocycles. The molecule has 0 spiro atoms. The number of phenols is 1. The third-order valence-electron chi connectivity index (χ3n) is 2.95. The Morgan fingerprint density at radius 1 is 1.42 bits per heavy atom. The van der Waals surface area contributed by atoms with Crippen molar-refractivity contribution in [1.29, 1.82) is 0 Å². The van der Waals surface area contributed by atoms with Crippen LogP contribution in [0.1, 0.15) is 17.5 Å². The van der Waals surface area contributed by atoms with Crippen LogP contribution in [0.2, 0.25) is 0 Å². The number of nitrogens with two attached hydrogens (primary N) is 1. The fourth-order valence-corrected chi connectivity index (χ4v) is 2.05. The standard InChI is InChI=1S/C14H19N3O2/c1-19-14-12(5-3-7-15)9-16-17(14)10-11-4-2-6-13(18)8-11/h2,4,6,8-9,18H,3,5,7,10,15H2,1H3. The highest BCUT2D eigenvalue weighted by Gasteiger charge is 2.11. The van der Waals surface area contributed by atoms with E-state index >= 15 is 0 Å². The number of nitrogens with zero attached hydrogens (tertiary/aromatic N) is 2. The molecular weight excluding hydrogens is 242 g/mol. The number of aromatic nitrogens is 2. The maximum absolute atomic E-state index is 9.46. The zero-order valence-corrected chi connectivity index (χ0v) is 11.0. The molecule has 5 heteroatoms. The molecule has 0 aliphatic carbocycles. The molecule has 2 aromatic rings. The Morgan fingerprint density at radius 3 is 2.95 bits per heavy atom. The zero-order valence-electron chi connectivity index (χ0n) is 11.0. The molecule has 0 saturated heterocycles. The minimum atomic E-state index is 0.256. The highest BCUT2D eigenvalue weighted by Crippen LogP contribution is 2.21. The van der Waals surface area contributed by atoms with Gasteiger partial charge in [0, 0.05) is 5.56 Å². The van der Waals surface area contributed by atoms with Crippen LogP contribution in [0, 0.1) is 0 Å². The topological polar surface area (TPSA) is 73.3 Å². The molecule has 5 nitrogen and oxygen atoms in total. The molecular formula is C14H19N3O2. The summed E-state index contributed by atoms with van der Waals surface area (Å²) in [6.07, 6.45) is 3.59. The van der Waals surface area contributed by atoms with Crippen LogP contribution in [0.4, 0.5) is 0 Å². The number of methoxy groups -OCH3 is 1. The van der Waals surface area contributed by atoms with Crippen molar-refractivity contribution in [2.75, 3.05) is 13.7 Å². The third kappa shape index (κ3) is 3.26. The van der Waals surface area contributed by atoms with Crippen molar-refractivity contribution in [3.05, 3.63) is 41.6 Å². The summed E-state index contributed by atoms with van der Waals surface area (Å²) in [5, 5.41) is 13.8. The summed E-state index contributed by atoms with van der Waals surface area (Å²) in [4.78, 5) is 0. The first-order chi connectivity index (χ1) is 9.24. The van der Waals surface area contributed by atoms with Crippen LogP contribution in [0.15, 0.2) is 30.5 Å². The Balaban J connectivity index is 2.18. The number of hydrogen-bond acceptors (Lipinski definition) is 4. The van der Waals surface area contributed by atoms with Crippen LogP contribution >= 0.6 is 0 Å². The minimum Gasteiger partial charge on any atom is -0.508 e. The van der Waals surface area contributed by atoms with E-state index in [4.69, 9.17) is 10.5 Å². The highest BCUT2D eigenvalue weighted by molar-refractivity contribution is 5.29. The van der Waals surface area contributed by atoms with Crippen molar-refractivity contribution in [3.8, 4) is 11.6 Å². The lowest BCUT2D eigenvalue weighted by atomic mass is 10.2. The maximum Gasteiger partial charge on any atom is 0.215 e. The Bertz CT molecular complexity index is 537. The van der Waals surface area contributed by atoms with Crippen molar-refractivity contribution >= 4 is 0 Å². The van der Waals surface area contributed by atoms with Gasteiger partial charge in [-0.15, -0.1) is 0 Å². The summed E-state index contributed by atoms with van der Waals surface area (Å²) in [6.45, 7) is 1.22. The number of aryl methyl sites for hydroxylation is 1. The molecule has 0 fully saturated rings. The Kier molecular flexibility index (Phi) is 4.41. The Hall–Kier alpha value is -2.01. The second-order valence-electron chi connectivity index (χ2n) is 4.40. The summed E-state index contributed by atoms with van der Waals surface area (Å²) in [6, 6.07) is 7.13. The lowest BCUT2D eigenvalue weighted by Gasteiger charge is -2.08. The minimum absolute atomic E-state index is 0.256. The van der Waals surface area contributed by atoms with Gasteiger partial charge in [-0.1, -0.05) is 12.1 Å². The second kappa shape index (κ2) is 6.24. The summed E-state index contributed by atoms with van der Waals surface area (Å²) < 4.78 is 7.21. The third-order valence-corrected chi connectivity index (χ3v) is 2.95. The predicted octanol–water partition coefficient (Wildman–Crippen LogP) is 1.54. The van der Waals surface area contributed by atoms with Crippen LogP contribution in [0.3, 0.4) is 0 Å². The van der Waals surface area contributed by atoms with Gasteiger partial charge in [0.2, 0.25) is 5.88 Å². The SMILES string of the molecule is COc1c(CCCN)cnn1Cc1cccc(O)c1. The van der Waals surface area contributed by atoms with E-state index in [0.717, 1.165) is 29.8 Å². The predicted molar refractivity (Wildman–Crippen MR) is 73.4 cm³/mol. The monoisotopic (exact) mass is 261 g/mol. The fourth-order valence-electron chi connectivity index (χ4n) is 2.05. The molecule has 0 amide bonds. The molecule has 0 atom stereocenters. The van der Waals surface area contributed by atoms with Gasteiger partial charge in [0.05, 0.1) is 19.9 Å². The first-order valence-corrected chi connectivity index (χ1v) is 6.31. The quantitative estimate of drug-likeness (QED) is 0.827. The maximum atomic E-state index is 9.46. The molecule has 19 heavy (non-hydrogen) atoms. The molecule has 0 unspecified atom stereocenters. The van der Waals surface area contributed by atoms with Crippen LogP contribution in [-0.4, -0.2) is 28.5 Å². The fraction of sp³-hybridized carbons (Fsp3) is 0.357. The van der Waals surface area contributed by atoms with Crippen molar-refractivity contribution < 1.29 is 9.84 Å². The molecule has 102 valence electrons. The largest absolute Gasteiger partial charge is 0.508 e. The number of benzene rings is 1. The number of hydrogen-bond donors (Lipinski definition) is 2. The van der Waals surface area contributed by atoms with Gasteiger partial charge in [-0.2, -0.15) is 5.10 Å². The molecule has 1 aromatic carbocycles. The van der Waals surface area contributed by atoms with E-state index in [0.29, 0.717) is 13.1 Å². The summed E-state index contributed by atoms with van der Waals surface area (Å²) in [5.41, 5.74) is 7.56. The molecule has 0 saturated carbocycles. The molecule has 2 rings (SSSR count). The van der Waals surface area contributed by atoms with Gasteiger partial charge in [0.1, 0.15) is 5.75 Å². The van der Waals surface area contributed by atoms with Gasteiger partial charge in [-0.05, 0) is 37.1 Å². The van der Waals surface area contributed by atoms with E-state index in [1.54, 1.807) is 23.9 Å². The van der Waals surface area contributed by atoms with Crippen LogP contribution in [0.5, 0.6) is 11.6 Å². The van der Waals surface area contributed by atoms with E-state index in [9.17, 15) is 5.11 Å². The molecule has 3 N–H and O–H groups in total. The van der Waals surface area contributed by atoms with Gasteiger partial charge in [0.15, 0.2) is 0 Å². The van der Waals surface area contributed by atoms with Crippen LogP contribution < -0.4 is 10.5 Å². The molecule has 0 bridgehead atoms. The van der Waals surface area contributed by atoms with Crippen molar-refractivity contribution in [1.82, 2.24) is 9.78 Å². The van der Waals surface area contributed by atoms with Gasteiger partial charge in [0.25, 0.3) is 0 Å². The summed E-state index contributed by atoms with van der Waals surface area (Å²) in [5.74, 6) is 1.02. The molecule has 0 aliphatic rings. The first kappa shape index (κ1) is 13.4. The van der Waals surface area contributed by atoms with Gasteiger partial charge in [-0.25, -0.2) is 4.68 Å². The smallest absolute Gasteiger partial charge is 0.215 e. The Labute approximate surface area is 112 Å². The molecule has 0 aliphatic heterocycles. The van der Waals surface area contributed by atoms with Crippen LogP contribution in [0.25, 0.3) is 0 Å². The number of phenolic OH excluding ortho intramolecular Hbond substituents is 1. The average molecular weight is 261 g/mol. The molecule has 1 heterocycles. The lowest BCUT2D eigenvalue weighted by molar-refractivity contribution is 0.362. The van der Waals surface area contributed by atoms with Gasteiger partial charge < -0.3 is 15.6 Å². The first-order valence-electron chi connectivity index (χ1n) is 6.31. The van der Waals surface area contributed by atoms with Crippen molar-refractivity contribution in [3.63, 3.8) is 0 Å².